The van der Waals surface area contributed by atoms with Gasteiger partial charge < -0.3 is 18.9 Å². The van der Waals surface area contributed by atoms with Crippen molar-refractivity contribution >= 4 is 40.7 Å². The van der Waals surface area contributed by atoms with Crippen molar-refractivity contribution in [1.29, 1.82) is 0 Å². The summed E-state index contributed by atoms with van der Waals surface area (Å²) in [5.74, 6) is 0.298. The molecule has 0 saturated carbocycles. The quantitative estimate of drug-likeness (QED) is 0.128. The fraction of sp³-hybridized carbons (Fsp3) is 0.206. The number of rotatable bonds is 10. The molecule has 9 heteroatoms. The van der Waals surface area contributed by atoms with E-state index in [-0.39, 0.29) is 18.3 Å². The number of carbonyl (C=O) groups excluding carboxylic acids is 1. The molecule has 0 saturated heterocycles. The number of amides is 1. The van der Waals surface area contributed by atoms with Crippen LogP contribution >= 0.6 is 15.9 Å². The van der Waals surface area contributed by atoms with E-state index >= 15 is 0 Å². The summed E-state index contributed by atoms with van der Waals surface area (Å²) in [6, 6.07) is 35.1. The first-order chi connectivity index (χ1) is 20.8. The lowest BCUT2D eigenvalue weighted by molar-refractivity contribution is 0.127. The molecular formula is C34H34BrN3O4Si. The van der Waals surface area contributed by atoms with Gasteiger partial charge in [0.05, 0.1) is 12.3 Å². The first-order valence-electron chi connectivity index (χ1n) is 14.1. The van der Waals surface area contributed by atoms with Crippen molar-refractivity contribution in [3.63, 3.8) is 0 Å². The van der Waals surface area contributed by atoms with Crippen LogP contribution in [0.2, 0.25) is 5.04 Å². The standard InChI is InChI=1S/C34H34BrN3O4Si/c1-34(2,3)43(26-16-9-5-10-17-26,27-18-11-6-12-19-27)42-24-30(38-33(39)41-22-25-14-7-4-8-15-25)32-37-29(23-40-32)28-20-13-21-31(35)36-28/h4-21,23,30H,22,24H2,1-3H3,(H,38,39). The zero-order valence-corrected chi connectivity index (χ0v) is 27.0. The first kappa shape index (κ1) is 30.4. The summed E-state index contributed by atoms with van der Waals surface area (Å²) in [5, 5.41) is 4.96. The fourth-order valence-corrected chi connectivity index (χ4v) is 10.1. The van der Waals surface area contributed by atoms with E-state index in [2.05, 4.69) is 71.3 Å². The molecule has 7 nitrogen and oxygen atoms in total. The Hall–Kier alpha value is -4.05. The number of halogens is 1. The highest BCUT2D eigenvalue weighted by Gasteiger charge is 2.50. The van der Waals surface area contributed by atoms with Crippen molar-refractivity contribution in [3.05, 3.63) is 132 Å². The molecule has 0 aliphatic heterocycles. The highest BCUT2D eigenvalue weighted by molar-refractivity contribution is 9.10. The number of ether oxygens (including phenoxy) is 1. The molecule has 0 radical (unpaired) electrons. The molecule has 3 aromatic carbocycles. The number of nitrogens with zero attached hydrogens (tertiary/aromatic N) is 2. The van der Waals surface area contributed by atoms with Crippen LogP contribution in [-0.2, 0) is 15.8 Å². The molecule has 1 atom stereocenters. The fourth-order valence-electron chi connectivity index (χ4n) is 5.17. The second-order valence-electron chi connectivity index (χ2n) is 11.1. The van der Waals surface area contributed by atoms with Crippen molar-refractivity contribution in [2.24, 2.45) is 0 Å². The minimum absolute atomic E-state index is 0.111. The van der Waals surface area contributed by atoms with Gasteiger partial charge in [-0.2, -0.15) is 0 Å². The van der Waals surface area contributed by atoms with Gasteiger partial charge in [0.15, 0.2) is 0 Å². The Kier molecular flexibility index (Phi) is 9.55. The Morgan fingerprint density at radius 2 is 1.44 bits per heavy atom. The zero-order valence-electron chi connectivity index (χ0n) is 24.4. The molecule has 2 aromatic heterocycles. The highest BCUT2D eigenvalue weighted by atomic mass is 79.9. The number of nitrogens with one attached hydrogen (secondary N) is 1. The van der Waals surface area contributed by atoms with Crippen LogP contribution < -0.4 is 15.7 Å². The van der Waals surface area contributed by atoms with Crippen LogP contribution in [0, 0.1) is 0 Å². The lowest BCUT2D eigenvalue weighted by Crippen LogP contribution is -2.67. The maximum atomic E-state index is 13.1. The van der Waals surface area contributed by atoms with Gasteiger partial charge in [-0.1, -0.05) is 118 Å². The Bertz CT molecular complexity index is 1590. The van der Waals surface area contributed by atoms with Gasteiger partial charge in [0.1, 0.15) is 29.2 Å². The zero-order chi connectivity index (χ0) is 30.3. The van der Waals surface area contributed by atoms with Crippen LogP contribution in [-0.4, -0.2) is 31.0 Å². The van der Waals surface area contributed by atoms with E-state index in [0.717, 1.165) is 15.9 Å². The molecule has 220 valence electrons. The van der Waals surface area contributed by atoms with Gasteiger partial charge >= 0.3 is 6.09 Å². The smallest absolute Gasteiger partial charge is 0.408 e. The van der Waals surface area contributed by atoms with E-state index in [1.807, 2.05) is 84.9 Å². The summed E-state index contributed by atoms with van der Waals surface area (Å²) in [6.45, 7) is 6.86. The number of hydrogen-bond donors (Lipinski definition) is 1. The molecule has 43 heavy (non-hydrogen) atoms. The molecule has 1 unspecified atom stereocenters. The van der Waals surface area contributed by atoms with Crippen LogP contribution in [0.15, 0.2) is 124 Å². The van der Waals surface area contributed by atoms with E-state index in [4.69, 9.17) is 18.6 Å². The lowest BCUT2D eigenvalue weighted by Gasteiger charge is -2.43. The molecule has 0 spiro atoms. The molecule has 0 bridgehead atoms. The van der Waals surface area contributed by atoms with Crippen molar-refractivity contribution in [2.75, 3.05) is 6.61 Å². The summed E-state index contributed by atoms with van der Waals surface area (Å²) in [5.41, 5.74) is 2.07. The number of aromatic nitrogens is 2. The van der Waals surface area contributed by atoms with E-state index < -0.39 is 20.5 Å². The van der Waals surface area contributed by atoms with Gasteiger partial charge in [0.2, 0.25) is 5.89 Å². The van der Waals surface area contributed by atoms with Gasteiger partial charge in [-0.3, -0.25) is 0 Å². The molecular weight excluding hydrogens is 622 g/mol. The Morgan fingerprint density at radius 1 is 0.837 bits per heavy atom. The third-order valence-corrected chi connectivity index (χ3v) is 12.6. The number of benzene rings is 3. The summed E-state index contributed by atoms with van der Waals surface area (Å²) in [6.07, 6.45) is 0.942. The molecule has 5 rings (SSSR count). The number of pyridine rings is 1. The average Bonchev–Trinajstić information content (AvgIpc) is 3.51. The molecule has 0 aliphatic rings. The Balaban J connectivity index is 1.48. The van der Waals surface area contributed by atoms with E-state index in [1.165, 1.54) is 6.26 Å². The number of hydrogen-bond acceptors (Lipinski definition) is 6. The van der Waals surface area contributed by atoms with Gasteiger partial charge in [-0.25, -0.2) is 14.8 Å². The summed E-state index contributed by atoms with van der Waals surface area (Å²) >= 11 is 3.42. The van der Waals surface area contributed by atoms with Crippen molar-refractivity contribution in [3.8, 4) is 11.4 Å². The topological polar surface area (TPSA) is 86.5 Å². The molecule has 0 fully saturated rings. The monoisotopic (exact) mass is 655 g/mol. The van der Waals surface area contributed by atoms with Gasteiger partial charge in [-0.05, 0) is 49.0 Å². The third-order valence-electron chi connectivity index (χ3n) is 7.19. The largest absolute Gasteiger partial charge is 0.446 e. The van der Waals surface area contributed by atoms with E-state index in [1.54, 1.807) is 0 Å². The first-order valence-corrected chi connectivity index (χ1v) is 16.8. The SMILES string of the molecule is CC(C)(C)[Si](OCC(NC(=O)OCc1ccccc1)c1nc(-c2cccc(Br)n2)co1)(c1ccccc1)c1ccccc1. The van der Waals surface area contributed by atoms with Crippen molar-refractivity contribution < 1.29 is 18.4 Å². The molecule has 1 amide bonds. The summed E-state index contributed by atoms with van der Waals surface area (Å²) < 4.78 is 19.3. The van der Waals surface area contributed by atoms with Crippen molar-refractivity contribution in [2.45, 2.75) is 38.5 Å². The normalized spacial score (nSPS) is 12.5. The van der Waals surface area contributed by atoms with E-state index in [0.29, 0.717) is 21.9 Å². The lowest BCUT2D eigenvalue weighted by atomic mass is 10.2. The predicted molar refractivity (Wildman–Crippen MR) is 174 cm³/mol. The molecule has 1 N–H and O–H groups in total. The number of oxazole rings is 1. The maximum Gasteiger partial charge on any atom is 0.408 e. The van der Waals surface area contributed by atoms with E-state index in [9.17, 15) is 4.79 Å². The van der Waals surface area contributed by atoms with Crippen LogP contribution in [0.4, 0.5) is 4.79 Å². The predicted octanol–water partition coefficient (Wildman–Crippen LogP) is 7.04. The number of carbonyl (C=O) groups is 1. The minimum Gasteiger partial charge on any atom is -0.446 e. The maximum absolute atomic E-state index is 13.1. The second kappa shape index (κ2) is 13.5. The van der Waals surface area contributed by atoms with Crippen molar-refractivity contribution in [1.82, 2.24) is 15.3 Å². The summed E-state index contributed by atoms with van der Waals surface area (Å²) in [4.78, 5) is 22.3. The van der Waals surface area contributed by atoms with Gasteiger partial charge in [0.25, 0.3) is 8.32 Å². The Morgan fingerprint density at radius 3 is 2.02 bits per heavy atom. The van der Waals surface area contributed by atoms with Gasteiger partial charge in [0, 0.05) is 0 Å². The second-order valence-corrected chi connectivity index (χ2v) is 16.3. The minimum atomic E-state index is -2.91. The van der Waals surface area contributed by atoms with Crippen LogP contribution in [0.1, 0.15) is 38.3 Å². The highest BCUT2D eigenvalue weighted by Crippen LogP contribution is 2.37. The molecule has 5 aromatic rings. The van der Waals surface area contributed by atoms with Crippen LogP contribution in [0.25, 0.3) is 11.4 Å². The number of alkyl carbamates (subject to hydrolysis) is 1. The Labute approximate surface area is 261 Å². The van der Waals surface area contributed by atoms with Crippen LogP contribution in [0.3, 0.4) is 0 Å². The third kappa shape index (κ3) is 7.13. The molecule has 2 heterocycles. The summed E-state index contributed by atoms with van der Waals surface area (Å²) in [7, 11) is -2.91. The average molecular weight is 657 g/mol. The molecule has 0 aliphatic carbocycles. The van der Waals surface area contributed by atoms with Gasteiger partial charge in [-0.15, -0.1) is 0 Å². The van der Waals surface area contributed by atoms with Crippen LogP contribution in [0.5, 0.6) is 0 Å².